The second-order valence-electron chi connectivity index (χ2n) is 14.7. The van der Waals surface area contributed by atoms with Crippen molar-refractivity contribution in [3.63, 3.8) is 0 Å². The van der Waals surface area contributed by atoms with Crippen LogP contribution in [0.2, 0.25) is 0 Å². The maximum Gasteiger partial charge on any atom is 0.487 e. The molecule has 2 unspecified atom stereocenters. The van der Waals surface area contributed by atoms with Crippen LogP contribution in [0.4, 0.5) is 14.6 Å². The number of fused-ring (bicyclic) bond motifs is 1. The van der Waals surface area contributed by atoms with Gasteiger partial charge in [-0.05, 0) is 72.9 Å². The number of carbonyl (C=O) groups excluding carboxylic acids is 4. The van der Waals surface area contributed by atoms with E-state index < -0.39 is 28.8 Å². The highest BCUT2D eigenvalue weighted by molar-refractivity contribution is 7.80. The molecular formula is C39H40ClF2N9O5S. The van der Waals surface area contributed by atoms with Gasteiger partial charge in [-0.3, -0.25) is 34.3 Å². The summed E-state index contributed by atoms with van der Waals surface area (Å²) in [5.41, 5.74) is 6.22. The van der Waals surface area contributed by atoms with Crippen molar-refractivity contribution in [2.24, 2.45) is 5.73 Å². The largest absolute Gasteiger partial charge is 0.487 e. The highest BCUT2D eigenvalue weighted by atomic mass is 35.5. The van der Waals surface area contributed by atoms with E-state index in [-0.39, 0.29) is 36.0 Å². The number of nitrogens with one attached hydrogen (secondary N) is 1. The third kappa shape index (κ3) is 8.19. The molecule has 0 saturated carbocycles. The molecule has 3 saturated heterocycles. The molecule has 57 heavy (non-hydrogen) atoms. The first-order valence-corrected chi connectivity index (χ1v) is 19.6. The summed E-state index contributed by atoms with van der Waals surface area (Å²) in [4.78, 5) is 63.1. The first-order chi connectivity index (χ1) is 27.3. The molecule has 0 aliphatic carbocycles. The van der Waals surface area contributed by atoms with E-state index in [1.165, 1.54) is 23.2 Å². The van der Waals surface area contributed by atoms with Crippen LogP contribution in [-0.2, 0) is 16.1 Å². The van der Waals surface area contributed by atoms with Gasteiger partial charge in [0.25, 0.3) is 5.91 Å². The summed E-state index contributed by atoms with van der Waals surface area (Å²) in [5.74, 6) is -1.03. The van der Waals surface area contributed by atoms with Crippen LogP contribution < -0.4 is 20.7 Å². The Kier molecular flexibility index (Phi) is 10.7. The summed E-state index contributed by atoms with van der Waals surface area (Å²) in [6.07, 6.45) is 5.53. The molecule has 4 aromatic rings. The lowest BCUT2D eigenvalue weighted by molar-refractivity contribution is -0.137. The minimum absolute atomic E-state index is 0.0963. The van der Waals surface area contributed by atoms with Crippen LogP contribution in [0.15, 0.2) is 67.0 Å². The zero-order valence-corrected chi connectivity index (χ0v) is 32.3. The van der Waals surface area contributed by atoms with E-state index in [4.69, 9.17) is 22.4 Å². The van der Waals surface area contributed by atoms with E-state index in [1.807, 2.05) is 18.2 Å². The lowest BCUT2D eigenvalue weighted by Crippen LogP contribution is -2.53. The number of pyridine rings is 1. The number of ether oxygens (including phenoxy) is 1. The van der Waals surface area contributed by atoms with Gasteiger partial charge in [0, 0.05) is 93.4 Å². The normalized spacial score (nSPS) is 21.2. The van der Waals surface area contributed by atoms with Gasteiger partial charge in [0.15, 0.2) is 0 Å². The molecule has 4 aliphatic heterocycles. The fraction of sp³-hybridized carbons (Fsp3) is 0.385. The lowest BCUT2D eigenvalue weighted by atomic mass is 10.0. The number of thiol groups is 1. The van der Waals surface area contributed by atoms with E-state index >= 15 is 0 Å². The number of hydrogen-bond acceptors (Lipinski definition) is 11. The molecule has 0 radical (unpaired) electrons. The van der Waals surface area contributed by atoms with Gasteiger partial charge in [0.2, 0.25) is 17.7 Å². The smallest absolute Gasteiger partial charge is 0.420 e. The number of primary amides is 1. The van der Waals surface area contributed by atoms with Crippen LogP contribution in [0.1, 0.15) is 62.9 Å². The van der Waals surface area contributed by atoms with Crippen LogP contribution in [0.5, 0.6) is 5.75 Å². The minimum atomic E-state index is -3.82. The number of benzene rings is 2. The second kappa shape index (κ2) is 15.7. The molecule has 14 nitrogen and oxygen atoms in total. The Bertz CT molecular complexity index is 2200. The van der Waals surface area contributed by atoms with E-state index in [1.54, 1.807) is 35.1 Å². The first kappa shape index (κ1) is 38.8. The van der Waals surface area contributed by atoms with Crippen LogP contribution in [0, 0.1) is 0 Å². The maximum absolute atomic E-state index is 13.5. The highest BCUT2D eigenvalue weighted by Gasteiger charge is 2.44. The van der Waals surface area contributed by atoms with E-state index in [0.29, 0.717) is 40.9 Å². The Hall–Kier alpha value is -5.10. The van der Waals surface area contributed by atoms with E-state index in [9.17, 15) is 28.0 Å². The van der Waals surface area contributed by atoms with Gasteiger partial charge < -0.3 is 20.3 Å². The molecule has 4 aliphatic rings. The van der Waals surface area contributed by atoms with Crippen molar-refractivity contribution in [1.29, 1.82) is 0 Å². The molecule has 18 heteroatoms. The van der Waals surface area contributed by atoms with Gasteiger partial charge in [-0.25, -0.2) is 9.67 Å². The highest BCUT2D eigenvalue weighted by Crippen LogP contribution is 2.40. The number of alkyl halides is 3. The second-order valence-corrected chi connectivity index (χ2v) is 15.6. The van der Waals surface area contributed by atoms with E-state index in [0.717, 1.165) is 63.2 Å². The van der Waals surface area contributed by atoms with E-state index in [2.05, 4.69) is 42.4 Å². The first-order valence-electron chi connectivity index (χ1n) is 18.7. The molecule has 3 N–H and O–H groups in total. The number of piperidine rings is 2. The number of carbonyl (C=O) groups is 4. The quantitative estimate of drug-likeness (QED) is 0.121. The number of rotatable bonds is 10. The monoisotopic (exact) mass is 819 g/mol. The maximum atomic E-state index is 13.5. The molecule has 3 fully saturated rings. The summed E-state index contributed by atoms with van der Waals surface area (Å²) in [5, 5.41) is 6.50. The molecule has 0 spiro atoms. The fourth-order valence-electron chi connectivity index (χ4n) is 8.20. The Balaban J connectivity index is 0.875. The van der Waals surface area contributed by atoms with Gasteiger partial charge in [-0.15, -0.1) is 21.4 Å². The van der Waals surface area contributed by atoms with Gasteiger partial charge in [-0.1, -0.05) is 12.1 Å². The zero-order valence-electron chi connectivity index (χ0n) is 30.7. The number of hydrogen-bond donors (Lipinski definition) is 3. The number of anilines is 1. The number of imide groups is 1. The molecular weight excluding hydrogens is 780 g/mol. The van der Waals surface area contributed by atoms with Crippen LogP contribution >= 0.6 is 24.2 Å². The third-order valence-corrected chi connectivity index (χ3v) is 11.7. The van der Waals surface area contributed by atoms with Crippen molar-refractivity contribution in [2.75, 3.05) is 44.2 Å². The summed E-state index contributed by atoms with van der Waals surface area (Å²) >= 11 is 9.57. The number of nitrogens with two attached hydrogens (primary N) is 1. The predicted molar refractivity (Wildman–Crippen MR) is 209 cm³/mol. The van der Waals surface area contributed by atoms with Crippen molar-refractivity contribution < 1.29 is 32.7 Å². The average molecular weight is 820 g/mol. The topological polar surface area (TPSA) is 159 Å². The van der Waals surface area contributed by atoms with Crippen molar-refractivity contribution >= 4 is 53.7 Å². The number of piperazine rings is 1. The summed E-state index contributed by atoms with van der Waals surface area (Å²) < 4.78 is 32.1. The Morgan fingerprint density at radius 3 is 2.39 bits per heavy atom. The Morgan fingerprint density at radius 2 is 1.70 bits per heavy atom. The lowest BCUT2D eigenvalue weighted by Gasteiger charge is -2.43. The van der Waals surface area contributed by atoms with Gasteiger partial charge in [-0.2, -0.15) is 5.10 Å². The van der Waals surface area contributed by atoms with Gasteiger partial charge >= 0.3 is 5.57 Å². The zero-order chi connectivity index (χ0) is 40.0. The standard InChI is InChI=1S/C39H40ClF2N9O5S/c40-39(41,42)56-27-4-2-26(3-5-27)50-14-11-31(46-50)30-20-24(34(43)53)21-44-35(30)49-12-9-25(10-13-49)48-17-15-47(16-18-48)22-23-1-6-28-29(19-23)37(55)51(38(28)57)32-7-8-33(52)45-36(32)54/h1-6,11,14,19-21,25,32,38,57H,7-10,12-13,15-18,22H2,(H2,43,53)(H,45,52,54). The van der Waals surface area contributed by atoms with Crippen molar-refractivity contribution in [3.05, 3.63) is 89.2 Å². The van der Waals surface area contributed by atoms with Crippen LogP contribution in [-0.4, -0.2) is 110 Å². The summed E-state index contributed by atoms with van der Waals surface area (Å²) in [7, 11) is 0. The molecule has 8 rings (SSSR count). The van der Waals surface area contributed by atoms with Crippen LogP contribution in [0.25, 0.3) is 16.9 Å². The summed E-state index contributed by atoms with van der Waals surface area (Å²) in [6.45, 7) is 5.76. The van der Waals surface area contributed by atoms with Crippen LogP contribution in [0.3, 0.4) is 0 Å². The van der Waals surface area contributed by atoms with Gasteiger partial charge in [0.05, 0.1) is 16.9 Å². The average Bonchev–Trinajstić information content (AvgIpc) is 3.77. The Morgan fingerprint density at radius 1 is 0.965 bits per heavy atom. The molecule has 298 valence electrons. The molecule has 2 aromatic heterocycles. The molecule has 6 heterocycles. The minimum Gasteiger partial charge on any atom is -0.420 e. The fourth-order valence-corrected chi connectivity index (χ4v) is 8.78. The number of halogens is 3. The van der Waals surface area contributed by atoms with Crippen molar-refractivity contribution in [1.82, 2.24) is 34.8 Å². The summed E-state index contributed by atoms with van der Waals surface area (Å²) in [6, 6.07) is 14.9. The molecule has 2 aromatic carbocycles. The molecule has 2 atom stereocenters. The Labute approximate surface area is 337 Å². The SMILES string of the molecule is NC(=O)c1cnc(N2CCC(N3CCN(Cc4ccc5c(c4)C(=O)N(C4CCC(=O)NC4=O)C5S)CC3)CC2)c(-c2ccn(-c3ccc(OC(F)(F)Cl)cc3)n2)c1. The van der Waals surface area contributed by atoms with Gasteiger partial charge in [0.1, 0.15) is 23.0 Å². The predicted octanol–water partition coefficient (Wildman–Crippen LogP) is 4.18. The van der Waals surface area contributed by atoms with Crippen molar-refractivity contribution in [2.45, 2.75) is 55.3 Å². The third-order valence-electron chi connectivity index (χ3n) is 11.1. The number of aromatic nitrogens is 3. The number of amides is 4. The van der Waals surface area contributed by atoms with Crippen molar-refractivity contribution in [3.8, 4) is 22.7 Å². The molecule has 4 amide bonds. The number of nitrogens with zero attached hydrogens (tertiary/aromatic N) is 7. The molecule has 0 bridgehead atoms.